The van der Waals surface area contributed by atoms with Crippen molar-refractivity contribution in [2.24, 2.45) is 0 Å². The number of nitrogens with zero attached hydrogens (tertiary/aromatic N) is 1. The van der Waals surface area contributed by atoms with Crippen molar-refractivity contribution in [1.29, 1.82) is 0 Å². The van der Waals surface area contributed by atoms with Gasteiger partial charge in [0.25, 0.3) is 0 Å². The van der Waals surface area contributed by atoms with E-state index in [1.165, 1.54) is 0 Å². The summed E-state index contributed by atoms with van der Waals surface area (Å²) in [5.41, 5.74) is 0. The van der Waals surface area contributed by atoms with E-state index in [0.29, 0.717) is 19.6 Å². The van der Waals surface area contributed by atoms with Gasteiger partial charge in [0, 0.05) is 19.6 Å². The van der Waals surface area contributed by atoms with Crippen molar-refractivity contribution < 1.29 is 19.4 Å². The largest absolute Gasteiger partial charge is 0.465 e. The van der Waals surface area contributed by atoms with E-state index in [0.717, 1.165) is 30.6 Å². The van der Waals surface area contributed by atoms with E-state index in [2.05, 4.69) is 5.32 Å². The number of carbonyl (C=O) groups is 2. The summed E-state index contributed by atoms with van der Waals surface area (Å²) in [4.78, 5) is 24.1. The molecule has 0 aromatic rings. The Balaban J connectivity index is 1.93. The molecule has 1 heterocycles. The summed E-state index contributed by atoms with van der Waals surface area (Å²) < 4.78 is 5.35. The molecule has 2 aliphatic rings. The molecule has 6 heteroatoms. The number of carboxylic acid groups (broad SMARTS) is 1. The van der Waals surface area contributed by atoms with Crippen molar-refractivity contribution in [3.8, 4) is 0 Å². The van der Waals surface area contributed by atoms with Gasteiger partial charge in [0.1, 0.15) is 12.1 Å². The van der Waals surface area contributed by atoms with Crippen LogP contribution >= 0.6 is 0 Å². The fourth-order valence-corrected chi connectivity index (χ4v) is 2.39. The van der Waals surface area contributed by atoms with Crippen LogP contribution in [0.2, 0.25) is 0 Å². The molecule has 0 spiro atoms. The zero-order valence-electron chi connectivity index (χ0n) is 9.72. The maximum Gasteiger partial charge on any atom is 0.408 e. The summed E-state index contributed by atoms with van der Waals surface area (Å²) in [5.74, 6) is -0.411. The summed E-state index contributed by atoms with van der Waals surface area (Å²) in [5, 5.41) is 12.0. The third-order valence-electron chi connectivity index (χ3n) is 3.35. The molecule has 17 heavy (non-hydrogen) atoms. The van der Waals surface area contributed by atoms with Crippen LogP contribution in [0, 0.1) is 0 Å². The van der Waals surface area contributed by atoms with E-state index >= 15 is 0 Å². The van der Waals surface area contributed by atoms with Gasteiger partial charge in [0.05, 0.1) is 0 Å². The van der Waals surface area contributed by atoms with Crippen molar-refractivity contribution >= 4 is 12.1 Å². The maximum absolute atomic E-state index is 11.9. The molecule has 1 atom stereocenters. The van der Waals surface area contributed by atoms with Crippen LogP contribution < -0.4 is 5.32 Å². The summed E-state index contributed by atoms with van der Waals surface area (Å²) >= 11 is 0. The number of nitrogens with one attached hydrogen (secondary N) is 1. The van der Waals surface area contributed by atoms with Crippen LogP contribution in [0.4, 0.5) is 4.79 Å². The van der Waals surface area contributed by atoms with Crippen molar-refractivity contribution in [2.45, 2.75) is 37.8 Å². The smallest absolute Gasteiger partial charge is 0.408 e. The molecule has 2 rings (SSSR count). The predicted octanol–water partition coefficient (Wildman–Crippen LogP) is 0.424. The number of amides is 1. The number of hydrogen-bond acceptors (Lipinski definition) is 4. The summed E-state index contributed by atoms with van der Waals surface area (Å²) in [7, 11) is 0. The molecule has 2 N–H and O–H groups in total. The molecule has 1 saturated carbocycles. The van der Waals surface area contributed by atoms with E-state index in [-0.39, 0.29) is 6.10 Å². The number of ether oxygens (including phenoxy) is 1. The molecule has 6 nitrogen and oxygen atoms in total. The zero-order chi connectivity index (χ0) is 12.3. The molecule has 1 aliphatic heterocycles. The van der Waals surface area contributed by atoms with Gasteiger partial charge in [0.2, 0.25) is 0 Å². The highest BCUT2D eigenvalue weighted by atomic mass is 16.5. The molecule has 0 bridgehead atoms. The van der Waals surface area contributed by atoms with Gasteiger partial charge >= 0.3 is 12.1 Å². The van der Waals surface area contributed by atoms with Gasteiger partial charge in [0.15, 0.2) is 0 Å². The Kier molecular flexibility index (Phi) is 3.83. The first kappa shape index (κ1) is 12.2. The number of piperazine rings is 1. The first-order chi connectivity index (χ1) is 8.18. The van der Waals surface area contributed by atoms with Gasteiger partial charge in [-0.3, -0.25) is 4.90 Å². The van der Waals surface area contributed by atoms with Crippen LogP contribution in [-0.2, 0) is 9.53 Å². The van der Waals surface area contributed by atoms with Crippen LogP contribution in [0.3, 0.4) is 0 Å². The molecule has 1 unspecified atom stereocenters. The third-order valence-corrected chi connectivity index (χ3v) is 3.35. The minimum absolute atomic E-state index is 0.0138. The molecule has 2 fully saturated rings. The van der Waals surface area contributed by atoms with Crippen LogP contribution in [0.25, 0.3) is 0 Å². The molecule has 1 amide bonds. The van der Waals surface area contributed by atoms with Gasteiger partial charge in [-0.05, 0) is 25.7 Å². The molecular weight excluding hydrogens is 224 g/mol. The number of carbonyl (C=O) groups excluding carboxylic acids is 1. The van der Waals surface area contributed by atoms with E-state index in [1.807, 2.05) is 0 Å². The zero-order valence-corrected chi connectivity index (χ0v) is 9.72. The highest BCUT2D eigenvalue weighted by Gasteiger charge is 2.34. The van der Waals surface area contributed by atoms with E-state index in [1.54, 1.807) is 0 Å². The van der Waals surface area contributed by atoms with Gasteiger partial charge < -0.3 is 15.2 Å². The lowest BCUT2D eigenvalue weighted by Crippen LogP contribution is -2.57. The first-order valence-electron chi connectivity index (χ1n) is 6.09. The quantitative estimate of drug-likeness (QED) is 0.686. The van der Waals surface area contributed by atoms with E-state index in [9.17, 15) is 9.59 Å². The summed E-state index contributed by atoms with van der Waals surface area (Å²) in [6, 6.07) is -0.693. The van der Waals surface area contributed by atoms with Crippen molar-refractivity contribution in [3.63, 3.8) is 0 Å². The average Bonchev–Trinajstić information content (AvgIpc) is 2.81. The fourth-order valence-electron chi connectivity index (χ4n) is 2.39. The summed E-state index contributed by atoms with van der Waals surface area (Å²) in [6.07, 6.45) is 2.91. The van der Waals surface area contributed by atoms with Crippen molar-refractivity contribution in [3.05, 3.63) is 0 Å². The number of esters is 1. The summed E-state index contributed by atoms with van der Waals surface area (Å²) in [6.45, 7) is 1.26. The highest BCUT2D eigenvalue weighted by Crippen LogP contribution is 2.22. The lowest BCUT2D eigenvalue weighted by molar-refractivity contribution is -0.155. The third kappa shape index (κ3) is 2.88. The second-order valence-electron chi connectivity index (χ2n) is 4.54. The second-order valence-corrected chi connectivity index (χ2v) is 4.54. The van der Waals surface area contributed by atoms with Gasteiger partial charge in [-0.25, -0.2) is 9.59 Å². The van der Waals surface area contributed by atoms with Gasteiger partial charge in [-0.2, -0.15) is 0 Å². The van der Waals surface area contributed by atoms with E-state index < -0.39 is 18.1 Å². The van der Waals surface area contributed by atoms with E-state index in [4.69, 9.17) is 9.84 Å². The Morgan fingerprint density at radius 1 is 1.29 bits per heavy atom. The van der Waals surface area contributed by atoms with Crippen molar-refractivity contribution in [2.75, 3.05) is 19.6 Å². The maximum atomic E-state index is 11.9. The van der Waals surface area contributed by atoms with Crippen LogP contribution in [0.5, 0.6) is 0 Å². The Hall–Kier alpha value is -1.30. The normalized spacial score (nSPS) is 25.9. The van der Waals surface area contributed by atoms with Crippen LogP contribution in [0.1, 0.15) is 25.7 Å². The molecule has 1 aliphatic carbocycles. The molecule has 0 radical (unpaired) electrons. The minimum Gasteiger partial charge on any atom is -0.465 e. The van der Waals surface area contributed by atoms with Crippen LogP contribution in [-0.4, -0.2) is 53.8 Å². The molecule has 1 saturated heterocycles. The topological polar surface area (TPSA) is 78.9 Å². The standard InChI is InChI=1S/C11H18N2O4/c14-10(17-8-3-1-2-4-8)9-7-12-5-6-13(9)11(15)16/h8-9,12H,1-7H2,(H,15,16). The lowest BCUT2D eigenvalue weighted by Gasteiger charge is -2.32. The molecule has 96 valence electrons. The van der Waals surface area contributed by atoms with Crippen LogP contribution in [0.15, 0.2) is 0 Å². The molecule has 0 aromatic heterocycles. The average molecular weight is 242 g/mol. The Morgan fingerprint density at radius 2 is 2.00 bits per heavy atom. The first-order valence-corrected chi connectivity index (χ1v) is 6.09. The van der Waals surface area contributed by atoms with Gasteiger partial charge in [-0.1, -0.05) is 0 Å². The highest BCUT2D eigenvalue weighted by molar-refractivity contribution is 5.81. The Labute approximate surface area is 99.9 Å². The van der Waals surface area contributed by atoms with Crippen molar-refractivity contribution in [1.82, 2.24) is 10.2 Å². The molecular formula is C11H18N2O4. The molecule has 0 aromatic carbocycles. The second kappa shape index (κ2) is 5.35. The minimum atomic E-state index is -1.06. The number of hydrogen-bond donors (Lipinski definition) is 2. The number of rotatable bonds is 2. The monoisotopic (exact) mass is 242 g/mol. The Morgan fingerprint density at radius 3 is 2.65 bits per heavy atom. The predicted molar refractivity (Wildman–Crippen MR) is 59.7 cm³/mol. The lowest BCUT2D eigenvalue weighted by atomic mass is 10.2. The Bertz CT molecular complexity index is 302. The SMILES string of the molecule is O=C(OC1CCCC1)C1CNCCN1C(=O)O. The fraction of sp³-hybridized carbons (Fsp3) is 0.818. The van der Waals surface area contributed by atoms with Gasteiger partial charge in [-0.15, -0.1) is 0 Å².